The standard InChI is InChI=1S/C16H20FN3O2/c1-10(6-12-4-3-5-13(17)8-12)7-15(21)18-11(2)14-9-16(22)20-19-14/h3-5,8-11H,6-7H2,1-2H3,(H,18,21)(H2,19,20,22). The van der Waals surface area contributed by atoms with Gasteiger partial charge in [-0.25, -0.2) is 4.39 Å². The van der Waals surface area contributed by atoms with Gasteiger partial charge in [-0.15, -0.1) is 0 Å². The maximum atomic E-state index is 13.1. The quantitative estimate of drug-likeness (QED) is 0.765. The molecule has 2 rings (SSSR count). The number of amides is 1. The first kappa shape index (κ1) is 16.0. The van der Waals surface area contributed by atoms with Gasteiger partial charge >= 0.3 is 0 Å². The molecule has 2 atom stereocenters. The molecule has 0 aliphatic carbocycles. The van der Waals surface area contributed by atoms with Gasteiger partial charge in [-0.1, -0.05) is 19.1 Å². The maximum absolute atomic E-state index is 13.1. The number of aromatic amines is 2. The van der Waals surface area contributed by atoms with E-state index in [1.165, 1.54) is 18.2 Å². The summed E-state index contributed by atoms with van der Waals surface area (Å²) in [5, 5.41) is 7.98. The number of H-pyrrole nitrogens is 2. The number of rotatable bonds is 6. The highest BCUT2D eigenvalue weighted by Gasteiger charge is 2.14. The van der Waals surface area contributed by atoms with Gasteiger partial charge in [0.25, 0.3) is 5.56 Å². The van der Waals surface area contributed by atoms with Crippen LogP contribution in [0.25, 0.3) is 0 Å². The topological polar surface area (TPSA) is 77.8 Å². The smallest absolute Gasteiger partial charge is 0.264 e. The lowest BCUT2D eigenvalue weighted by Crippen LogP contribution is -2.28. The van der Waals surface area contributed by atoms with Gasteiger partial charge in [0.05, 0.1) is 11.7 Å². The lowest BCUT2D eigenvalue weighted by molar-refractivity contribution is -0.122. The van der Waals surface area contributed by atoms with Gasteiger partial charge in [0, 0.05) is 12.5 Å². The fourth-order valence-electron chi connectivity index (χ4n) is 2.41. The molecule has 0 spiro atoms. The molecule has 0 bridgehead atoms. The third-order valence-corrected chi connectivity index (χ3v) is 3.47. The van der Waals surface area contributed by atoms with Crippen molar-refractivity contribution in [3.05, 3.63) is 57.8 Å². The first-order chi connectivity index (χ1) is 10.4. The second kappa shape index (κ2) is 7.06. The average molecular weight is 305 g/mol. The van der Waals surface area contributed by atoms with Gasteiger partial charge in [0.15, 0.2) is 0 Å². The lowest BCUT2D eigenvalue weighted by Gasteiger charge is -2.15. The highest BCUT2D eigenvalue weighted by Crippen LogP contribution is 2.14. The van der Waals surface area contributed by atoms with Gasteiger partial charge in [-0.05, 0) is 37.0 Å². The SMILES string of the molecule is CC(CC(=O)NC(C)c1cc(=O)[nH][nH]1)Cc1cccc(F)c1. The van der Waals surface area contributed by atoms with Crippen LogP contribution < -0.4 is 10.9 Å². The molecule has 5 nitrogen and oxygen atoms in total. The van der Waals surface area contributed by atoms with Gasteiger partial charge in [0.1, 0.15) is 5.82 Å². The van der Waals surface area contributed by atoms with E-state index in [1.54, 1.807) is 13.0 Å². The number of hydrogen-bond donors (Lipinski definition) is 3. The Morgan fingerprint density at radius 3 is 2.68 bits per heavy atom. The first-order valence-corrected chi connectivity index (χ1v) is 7.25. The minimum atomic E-state index is -0.271. The van der Waals surface area contributed by atoms with Gasteiger partial charge in [0.2, 0.25) is 5.91 Å². The van der Waals surface area contributed by atoms with Gasteiger partial charge in [-0.3, -0.25) is 14.7 Å². The normalized spacial score (nSPS) is 13.6. The molecule has 1 aromatic carbocycles. The molecule has 3 N–H and O–H groups in total. The molecule has 2 unspecified atom stereocenters. The predicted octanol–water partition coefficient (Wildman–Crippen LogP) is 2.29. The second-order valence-corrected chi connectivity index (χ2v) is 5.65. The van der Waals surface area contributed by atoms with Crippen molar-refractivity contribution in [1.29, 1.82) is 0 Å². The van der Waals surface area contributed by atoms with Crippen molar-refractivity contribution in [1.82, 2.24) is 15.5 Å². The third kappa shape index (κ3) is 4.58. The first-order valence-electron chi connectivity index (χ1n) is 7.25. The van der Waals surface area contributed by atoms with Crippen LogP contribution in [0.15, 0.2) is 35.1 Å². The average Bonchev–Trinajstić information content (AvgIpc) is 2.85. The van der Waals surface area contributed by atoms with E-state index >= 15 is 0 Å². The Morgan fingerprint density at radius 2 is 2.05 bits per heavy atom. The van der Waals surface area contributed by atoms with Crippen LogP contribution in [-0.2, 0) is 11.2 Å². The molecule has 0 radical (unpaired) electrons. The van der Waals surface area contributed by atoms with Crippen molar-refractivity contribution in [2.75, 3.05) is 0 Å². The second-order valence-electron chi connectivity index (χ2n) is 5.65. The number of halogens is 1. The van der Waals surface area contributed by atoms with E-state index in [0.717, 1.165) is 5.56 Å². The molecule has 1 aromatic heterocycles. The number of carbonyl (C=O) groups is 1. The molecule has 2 aromatic rings. The molecular formula is C16H20FN3O2. The summed E-state index contributed by atoms with van der Waals surface area (Å²) >= 11 is 0. The summed E-state index contributed by atoms with van der Waals surface area (Å²) in [5.41, 5.74) is 1.29. The van der Waals surface area contributed by atoms with Gasteiger partial charge in [-0.2, -0.15) is 0 Å². The molecule has 0 aliphatic heterocycles. The summed E-state index contributed by atoms with van der Waals surface area (Å²) in [6.07, 6.45) is 0.982. The van der Waals surface area contributed by atoms with Gasteiger partial charge < -0.3 is 10.4 Å². The molecule has 1 amide bonds. The fraction of sp³-hybridized carbons (Fsp3) is 0.375. The summed E-state index contributed by atoms with van der Waals surface area (Å²) in [4.78, 5) is 23.1. The Morgan fingerprint density at radius 1 is 1.27 bits per heavy atom. The summed E-state index contributed by atoms with van der Waals surface area (Å²) in [6.45, 7) is 3.75. The zero-order valence-corrected chi connectivity index (χ0v) is 12.7. The van der Waals surface area contributed by atoms with Crippen molar-refractivity contribution >= 4 is 5.91 Å². The summed E-state index contributed by atoms with van der Waals surface area (Å²) in [5.74, 6) is -0.267. The Balaban J connectivity index is 1.84. The van der Waals surface area contributed by atoms with E-state index in [9.17, 15) is 14.0 Å². The van der Waals surface area contributed by atoms with Crippen LogP contribution in [0.1, 0.15) is 37.6 Å². The molecule has 118 valence electrons. The van der Waals surface area contributed by atoms with Crippen molar-refractivity contribution in [2.45, 2.75) is 32.7 Å². The highest BCUT2D eigenvalue weighted by atomic mass is 19.1. The van der Waals surface area contributed by atoms with E-state index in [-0.39, 0.29) is 29.2 Å². The highest BCUT2D eigenvalue weighted by molar-refractivity contribution is 5.76. The van der Waals surface area contributed by atoms with Crippen LogP contribution in [0.4, 0.5) is 4.39 Å². The maximum Gasteiger partial charge on any atom is 0.264 e. The number of aromatic nitrogens is 2. The van der Waals surface area contributed by atoms with Crippen molar-refractivity contribution in [3.8, 4) is 0 Å². The Bertz CT molecular complexity index is 692. The molecular weight excluding hydrogens is 285 g/mol. The van der Waals surface area contributed by atoms with E-state index in [4.69, 9.17) is 0 Å². The van der Waals surface area contributed by atoms with E-state index in [2.05, 4.69) is 15.5 Å². The molecule has 0 saturated heterocycles. The molecule has 22 heavy (non-hydrogen) atoms. The third-order valence-electron chi connectivity index (χ3n) is 3.47. The van der Waals surface area contributed by atoms with Crippen molar-refractivity contribution < 1.29 is 9.18 Å². The molecule has 0 saturated carbocycles. The zero-order valence-electron chi connectivity index (χ0n) is 12.7. The molecule has 1 heterocycles. The van der Waals surface area contributed by atoms with E-state index in [1.807, 2.05) is 13.0 Å². The lowest BCUT2D eigenvalue weighted by atomic mass is 9.97. The molecule has 0 fully saturated rings. The van der Waals surface area contributed by atoms with Crippen LogP contribution in [-0.4, -0.2) is 16.1 Å². The monoisotopic (exact) mass is 305 g/mol. The van der Waals surface area contributed by atoms with Crippen LogP contribution in [0, 0.1) is 11.7 Å². The molecule has 6 heteroatoms. The van der Waals surface area contributed by atoms with E-state index < -0.39 is 0 Å². The zero-order chi connectivity index (χ0) is 16.1. The largest absolute Gasteiger partial charge is 0.348 e. The summed E-state index contributed by atoms with van der Waals surface area (Å²) < 4.78 is 13.1. The Kier molecular flexibility index (Phi) is 5.14. The number of carbonyl (C=O) groups excluding carboxylic acids is 1. The van der Waals surface area contributed by atoms with E-state index in [0.29, 0.717) is 18.5 Å². The fourth-order valence-corrected chi connectivity index (χ4v) is 2.41. The van der Waals surface area contributed by atoms with Crippen LogP contribution in [0.2, 0.25) is 0 Å². The minimum Gasteiger partial charge on any atom is -0.348 e. The Hall–Kier alpha value is -2.37. The predicted molar refractivity (Wildman–Crippen MR) is 81.9 cm³/mol. The van der Waals surface area contributed by atoms with Crippen molar-refractivity contribution in [2.24, 2.45) is 5.92 Å². The number of hydrogen-bond acceptors (Lipinski definition) is 2. The van der Waals surface area contributed by atoms with Crippen LogP contribution in [0.5, 0.6) is 0 Å². The summed E-state index contributed by atoms with van der Waals surface area (Å²) in [7, 11) is 0. The Labute approximate surface area is 127 Å². The number of nitrogens with one attached hydrogen (secondary N) is 3. The minimum absolute atomic E-state index is 0.0965. The van der Waals surface area contributed by atoms with Crippen LogP contribution in [0.3, 0.4) is 0 Å². The summed E-state index contributed by atoms with van der Waals surface area (Å²) in [6, 6.07) is 7.56. The van der Waals surface area contributed by atoms with Crippen molar-refractivity contribution in [3.63, 3.8) is 0 Å². The number of benzene rings is 1. The molecule has 0 aliphatic rings. The van der Waals surface area contributed by atoms with Crippen LogP contribution >= 0.6 is 0 Å².